The van der Waals surface area contributed by atoms with Gasteiger partial charge in [0.15, 0.2) is 0 Å². The third-order valence-corrected chi connectivity index (χ3v) is 8.17. The molecule has 1 aliphatic carbocycles. The van der Waals surface area contributed by atoms with Crippen molar-refractivity contribution < 1.29 is 23.8 Å². The molecule has 1 saturated heterocycles. The number of aliphatic hydroxyl groups excluding tert-OH is 1. The number of hydrogen-bond acceptors (Lipinski definition) is 4. The van der Waals surface area contributed by atoms with Gasteiger partial charge in [0, 0.05) is 47.9 Å². The molecular weight excluding hydrogens is 507 g/mol. The molecule has 6 nitrogen and oxygen atoms in total. The number of para-hydroxylation sites is 1. The summed E-state index contributed by atoms with van der Waals surface area (Å²) in [5.74, 6) is -0.440. The molecule has 1 aliphatic heterocycles. The number of cyclic esters (lactones) is 1. The molecule has 0 bridgehead atoms. The van der Waals surface area contributed by atoms with Crippen LogP contribution in [0, 0.1) is 0 Å². The first-order valence-electron chi connectivity index (χ1n) is 14.5. The number of esters is 1. The molecule has 1 aromatic heterocycles. The van der Waals surface area contributed by atoms with Gasteiger partial charge in [-0.15, -0.1) is 0 Å². The van der Waals surface area contributed by atoms with E-state index >= 15 is 0 Å². The molecule has 3 aromatic rings. The summed E-state index contributed by atoms with van der Waals surface area (Å²) < 4.78 is 22.1. The van der Waals surface area contributed by atoms with Gasteiger partial charge in [-0.1, -0.05) is 62.4 Å². The summed E-state index contributed by atoms with van der Waals surface area (Å²) in [5.41, 5.74) is 5.20. The van der Waals surface area contributed by atoms with Crippen LogP contribution >= 0.6 is 0 Å². The second-order valence-electron chi connectivity index (χ2n) is 11.5. The van der Waals surface area contributed by atoms with E-state index in [2.05, 4.69) is 23.7 Å². The number of carbonyl (C=O) groups excluding carboxylic acids is 2. The van der Waals surface area contributed by atoms with Crippen LogP contribution in [0.15, 0.2) is 60.7 Å². The smallest absolute Gasteiger partial charge is 0.308 e. The fraction of sp³-hybridized carbons (Fsp3) is 0.455. The van der Waals surface area contributed by atoms with Crippen LogP contribution in [0.2, 0.25) is 0 Å². The van der Waals surface area contributed by atoms with Crippen molar-refractivity contribution in [2.45, 2.75) is 95.6 Å². The van der Waals surface area contributed by atoms with Crippen LogP contribution in [-0.4, -0.2) is 39.9 Å². The van der Waals surface area contributed by atoms with Crippen molar-refractivity contribution in [3.63, 3.8) is 0 Å². The number of nitrogens with one attached hydrogen (secondary N) is 1. The molecule has 2 aliphatic rings. The normalized spacial score (nSPS) is 23.2. The first-order chi connectivity index (χ1) is 19.3. The van der Waals surface area contributed by atoms with Gasteiger partial charge in [0.2, 0.25) is 0 Å². The molecular formula is C33H39FN2O4. The van der Waals surface area contributed by atoms with Gasteiger partial charge in [-0.3, -0.25) is 9.59 Å². The highest BCUT2D eigenvalue weighted by Gasteiger charge is 2.35. The molecule has 40 heavy (non-hydrogen) atoms. The molecule has 1 saturated carbocycles. The van der Waals surface area contributed by atoms with Gasteiger partial charge < -0.3 is 19.7 Å². The molecule has 2 heterocycles. The summed E-state index contributed by atoms with van der Waals surface area (Å²) in [7, 11) is 0. The molecule has 2 aromatic carbocycles. The van der Waals surface area contributed by atoms with Crippen LogP contribution in [-0.2, 0) is 16.1 Å². The Kier molecular flexibility index (Phi) is 8.69. The number of aliphatic hydroxyl groups is 1. The van der Waals surface area contributed by atoms with E-state index in [9.17, 15) is 19.1 Å². The molecule has 7 heteroatoms. The Bertz CT molecular complexity index is 1310. The zero-order chi connectivity index (χ0) is 28.2. The maximum atomic E-state index is 14.3. The van der Waals surface area contributed by atoms with Gasteiger partial charge >= 0.3 is 5.97 Å². The Labute approximate surface area is 235 Å². The lowest BCUT2D eigenvalue weighted by Crippen LogP contribution is -2.33. The van der Waals surface area contributed by atoms with Crippen molar-refractivity contribution in [3.8, 4) is 11.1 Å². The third-order valence-electron chi connectivity index (χ3n) is 8.17. The maximum absolute atomic E-state index is 14.3. The van der Waals surface area contributed by atoms with E-state index in [1.54, 1.807) is 0 Å². The highest BCUT2D eigenvalue weighted by atomic mass is 19.1. The highest BCUT2D eigenvalue weighted by Crippen LogP contribution is 2.45. The van der Waals surface area contributed by atoms with Crippen LogP contribution < -0.4 is 5.32 Å². The number of rotatable bonds is 8. The summed E-state index contributed by atoms with van der Waals surface area (Å²) in [5, 5.41) is 13.3. The van der Waals surface area contributed by atoms with Gasteiger partial charge in [-0.05, 0) is 49.3 Å². The second kappa shape index (κ2) is 12.4. The largest absolute Gasteiger partial charge is 0.462 e. The third kappa shape index (κ3) is 6.15. The number of nitrogens with zero attached hydrogens (tertiary/aromatic N) is 1. The van der Waals surface area contributed by atoms with Crippen LogP contribution in [0.4, 0.5) is 10.1 Å². The fourth-order valence-electron chi connectivity index (χ4n) is 6.40. The molecule has 5 rings (SSSR count). The molecule has 2 N–H and O–H groups in total. The Morgan fingerprint density at radius 2 is 1.70 bits per heavy atom. The molecule has 212 valence electrons. The lowest BCUT2D eigenvalue weighted by Gasteiger charge is -2.30. The predicted molar refractivity (Wildman–Crippen MR) is 154 cm³/mol. The topological polar surface area (TPSA) is 80.6 Å². The number of halogens is 1. The number of benzene rings is 2. The maximum Gasteiger partial charge on any atom is 0.308 e. The summed E-state index contributed by atoms with van der Waals surface area (Å²) >= 11 is 0. The molecule has 0 spiro atoms. The number of aromatic nitrogens is 1. The Balaban J connectivity index is 1.65. The fourth-order valence-corrected chi connectivity index (χ4v) is 6.40. The zero-order valence-electron chi connectivity index (χ0n) is 23.3. The summed E-state index contributed by atoms with van der Waals surface area (Å²) in [6.07, 6.45) is 1.47. The molecule has 0 radical (unpaired) electrons. The molecule has 2 atom stereocenters. The van der Waals surface area contributed by atoms with Crippen molar-refractivity contribution >= 4 is 17.6 Å². The van der Waals surface area contributed by atoms with Gasteiger partial charge in [0.05, 0.1) is 18.1 Å². The van der Waals surface area contributed by atoms with E-state index in [1.807, 2.05) is 60.7 Å². The van der Waals surface area contributed by atoms with Crippen LogP contribution in [0.25, 0.3) is 11.1 Å². The predicted octanol–water partition coefficient (Wildman–Crippen LogP) is 6.98. The lowest BCUT2D eigenvalue weighted by molar-refractivity contribution is -0.160. The molecule has 1 amide bonds. The van der Waals surface area contributed by atoms with Crippen LogP contribution in [0.3, 0.4) is 0 Å². The van der Waals surface area contributed by atoms with Gasteiger partial charge in [-0.2, -0.15) is 0 Å². The van der Waals surface area contributed by atoms with Crippen molar-refractivity contribution in [3.05, 3.63) is 77.6 Å². The van der Waals surface area contributed by atoms with E-state index < -0.39 is 18.4 Å². The Hall–Kier alpha value is -3.45. The Morgan fingerprint density at radius 1 is 1.05 bits per heavy atom. The summed E-state index contributed by atoms with van der Waals surface area (Å²) in [6.45, 7) is 4.71. The van der Waals surface area contributed by atoms with Gasteiger partial charge in [0.25, 0.3) is 5.91 Å². The highest BCUT2D eigenvalue weighted by molar-refractivity contribution is 6.10. The summed E-state index contributed by atoms with van der Waals surface area (Å²) in [6, 6.07) is 19.4. The van der Waals surface area contributed by atoms with Crippen LogP contribution in [0.5, 0.6) is 0 Å². The minimum absolute atomic E-state index is 0.0183. The Morgan fingerprint density at radius 3 is 2.33 bits per heavy atom. The summed E-state index contributed by atoms with van der Waals surface area (Å²) in [4.78, 5) is 26.2. The van der Waals surface area contributed by atoms with E-state index in [0.29, 0.717) is 50.6 Å². The van der Waals surface area contributed by atoms with Crippen molar-refractivity contribution in [1.82, 2.24) is 4.57 Å². The quantitative estimate of drug-likeness (QED) is 0.299. The van der Waals surface area contributed by atoms with E-state index in [4.69, 9.17) is 4.74 Å². The number of ether oxygens (including phenoxy) is 1. The van der Waals surface area contributed by atoms with Crippen LogP contribution in [0.1, 0.15) is 92.4 Å². The molecule has 0 unspecified atom stereocenters. The number of anilines is 1. The monoisotopic (exact) mass is 546 g/mol. The van der Waals surface area contributed by atoms with Gasteiger partial charge in [-0.25, -0.2) is 4.39 Å². The van der Waals surface area contributed by atoms with Crippen molar-refractivity contribution in [2.75, 3.05) is 5.32 Å². The first-order valence-corrected chi connectivity index (χ1v) is 14.5. The minimum Gasteiger partial charge on any atom is -0.462 e. The average molecular weight is 547 g/mol. The number of carbonyl (C=O) groups is 2. The number of hydrogen-bond donors (Lipinski definition) is 2. The van der Waals surface area contributed by atoms with E-state index in [-0.39, 0.29) is 30.1 Å². The molecule has 2 fully saturated rings. The second-order valence-corrected chi connectivity index (χ2v) is 11.5. The zero-order valence-corrected chi connectivity index (χ0v) is 23.3. The number of alkyl halides is 1. The van der Waals surface area contributed by atoms with E-state index in [1.165, 1.54) is 0 Å². The van der Waals surface area contributed by atoms with Gasteiger partial charge in [0.1, 0.15) is 12.3 Å². The lowest BCUT2D eigenvalue weighted by atomic mass is 9.82. The average Bonchev–Trinajstić information content (AvgIpc) is 3.28. The number of amides is 1. The SMILES string of the molecule is CC(C)c1c(C(=O)Nc2ccccc2)c(-c2ccccc2)c(C2CCC(F)CC2)n1CC[C@H]1C[C@H](O)CC(=O)O1. The minimum atomic E-state index is -0.798. The van der Waals surface area contributed by atoms with Crippen molar-refractivity contribution in [2.24, 2.45) is 0 Å². The van der Waals surface area contributed by atoms with Crippen molar-refractivity contribution in [1.29, 1.82) is 0 Å². The first kappa shape index (κ1) is 28.1. The van der Waals surface area contributed by atoms with E-state index in [0.717, 1.165) is 28.2 Å². The standard InChI is InChI=1S/C33H39FN2O4/c1-21(2)31-30(33(39)35-25-11-7-4-8-12-25)29(22-9-5-3-6-10-22)32(23-13-15-24(34)16-14-23)36(31)18-17-27-19-26(37)20-28(38)40-27/h3-12,21,23-24,26-27,37H,13-20H2,1-2H3,(H,35,39)/t23?,24?,26-,27-/m0/s1.